The molecule has 0 N–H and O–H groups in total. The zero-order valence-electron chi connectivity index (χ0n) is 10.4. The van der Waals surface area contributed by atoms with Crippen LogP contribution in [0, 0.1) is 0 Å². The molecule has 0 spiro atoms. The van der Waals surface area contributed by atoms with Crippen molar-refractivity contribution in [3.8, 4) is 0 Å². The van der Waals surface area contributed by atoms with E-state index >= 15 is 0 Å². The molecular weight excluding hydrogens is 326 g/mol. The number of carbonyl (C=O) groups excluding carboxylic acids is 1. The largest absolute Gasteiger partial charge is 0.370 e. The number of halogens is 2. The molecule has 2 rings (SSSR count). The molecule has 0 aliphatic heterocycles. The van der Waals surface area contributed by atoms with Gasteiger partial charge in [0.15, 0.2) is 6.29 Å². The lowest BCUT2D eigenvalue weighted by atomic mass is 10.1. The van der Waals surface area contributed by atoms with Crippen LogP contribution in [0.3, 0.4) is 0 Å². The second-order valence-electron chi connectivity index (χ2n) is 4.30. The molecule has 2 aromatic carbocycles. The highest BCUT2D eigenvalue weighted by molar-refractivity contribution is 9.10. The molecule has 4 heteroatoms. The van der Waals surface area contributed by atoms with Crippen molar-refractivity contribution >= 4 is 39.5 Å². The highest BCUT2D eigenvalue weighted by Crippen LogP contribution is 2.24. The van der Waals surface area contributed by atoms with Gasteiger partial charge >= 0.3 is 0 Å². The first-order chi connectivity index (χ1) is 9.10. The molecule has 0 heterocycles. The maximum absolute atomic E-state index is 11.1. The second kappa shape index (κ2) is 6.22. The van der Waals surface area contributed by atoms with E-state index in [0.717, 1.165) is 33.6 Å². The van der Waals surface area contributed by atoms with Crippen molar-refractivity contribution in [3.05, 3.63) is 63.1 Å². The van der Waals surface area contributed by atoms with E-state index in [1.54, 1.807) is 0 Å². The van der Waals surface area contributed by atoms with Crippen LogP contribution in [0.4, 0.5) is 5.69 Å². The first-order valence-corrected chi connectivity index (χ1v) is 6.97. The predicted octanol–water partition coefficient (Wildman–Crippen LogP) is 4.55. The third kappa shape index (κ3) is 3.58. The maximum Gasteiger partial charge on any atom is 0.152 e. The smallest absolute Gasteiger partial charge is 0.152 e. The van der Waals surface area contributed by atoms with Gasteiger partial charge in [-0.1, -0.05) is 39.7 Å². The van der Waals surface area contributed by atoms with Gasteiger partial charge in [0.05, 0.1) is 0 Å². The second-order valence-corrected chi connectivity index (χ2v) is 5.66. The summed E-state index contributed by atoms with van der Waals surface area (Å²) >= 11 is 9.23. The molecule has 0 amide bonds. The van der Waals surface area contributed by atoms with Gasteiger partial charge in [-0.05, 0) is 35.9 Å². The number of rotatable bonds is 4. The monoisotopic (exact) mass is 337 g/mol. The van der Waals surface area contributed by atoms with E-state index in [-0.39, 0.29) is 0 Å². The van der Waals surface area contributed by atoms with E-state index < -0.39 is 0 Å². The van der Waals surface area contributed by atoms with Crippen molar-refractivity contribution in [1.82, 2.24) is 0 Å². The van der Waals surface area contributed by atoms with Crippen molar-refractivity contribution in [2.75, 3.05) is 11.9 Å². The van der Waals surface area contributed by atoms with Crippen LogP contribution >= 0.6 is 27.5 Å². The molecule has 19 heavy (non-hydrogen) atoms. The summed E-state index contributed by atoms with van der Waals surface area (Å²) in [6.07, 6.45) is 0.873. The third-order valence-corrected chi connectivity index (χ3v) is 3.61. The molecule has 0 bridgehead atoms. The summed E-state index contributed by atoms with van der Waals surface area (Å²) in [5.41, 5.74) is 2.73. The number of aldehydes is 1. The quantitative estimate of drug-likeness (QED) is 0.762. The summed E-state index contributed by atoms with van der Waals surface area (Å²) < 4.78 is 0.901. The van der Waals surface area contributed by atoms with Gasteiger partial charge in [0.25, 0.3) is 0 Å². The fraction of sp³-hybridized carbons (Fsp3) is 0.133. The van der Waals surface area contributed by atoms with Crippen LogP contribution in [0.25, 0.3) is 0 Å². The van der Waals surface area contributed by atoms with Crippen molar-refractivity contribution < 1.29 is 4.79 Å². The van der Waals surface area contributed by atoms with Gasteiger partial charge in [0, 0.05) is 34.3 Å². The van der Waals surface area contributed by atoms with E-state index in [1.807, 2.05) is 54.4 Å². The molecule has 2 nitrogen and oxygen atoms in total. The maximum atomic E-state index is 11.1. The van der Waals surface area contributed by atoms with Gasteiger partial charge in [-0.3, -0.25) is 4.79 Å². The van der Waals surface area contributed by atoms with E-state index in [0.29, 0.717) is 5.56 Å². The Hall–Kier alpha value is -1.32. The SMILES string of the molecule is CN(Cc1ccc(Cl)cc1)c1ccc(Br)cc1C=O. The van der Waals surface area contributed by atoms with Crippen molar-refractivity contribution in [3.63, 3.8) is 0 Å². The van der Waals surface area contributed by atoms with Crippen molar-refractivity contribution in [2.45, 2.75) is 6.54 Å². The summed E-state index contributed by atoms with van der Waals surface area (Å²) in [6, 6.07) is 13.4. The minimum atomic E-state index is 0.672. The highest BCUT2D eigenvalue weighted by atomic mass is 79.9. The Labute approximate surface area is 126 Å². The molecule has 0 atom stereocenters. The van der Waals surface area contributed by atoms with Gasteiger partial charge in [0.2, 0.25) is 0 Å². The van der Waals surface area contributed by atoms with E-state index in [2.05, 4.69) is 15.9 Å². The minimum Gasteiger partial charge on any atom is -0.370 e. The first-order valence-electron chi connectivity index (χ1n) is 5.80. The number of hydrogen-bond donors (Lipinski definition) is 0. The summed E-state index contributed by atoms with van der Waals surface area (Å²) in [5.74, 6) is 0. The average Bonchev–Trinajstić information content (AvgIpc) is 2.41. The number of nitrogens with zero attached hydrogens (tertiary/aromatic N) is 1. The summed E-state index contributed by atoms with van der Waals surface area (Å²) in [4.78, 5) is 13.2. The molecule has 2 aromatic rings. The Morgan fingerprint density at radius 3 is 2.53 bits per heavy atom. The zero-order chi connectivity index (χ0) is 13.8. The number of hydrogen-bond acceptors (Lipinski definition) is 2. The summed E-state index contributed by atoms with van der Waals surface area (Å²) in [6.45, 7) is 0.722. The van der Waals surface area contributed by atoms with Crippen molar-refractivity contribution in [1.29, 1.82) is 0 Å². The fourth-order valence-corrected chi connectivity index (χ4v) is 2.42. The Bertz CT molecular complexity index is 583. The summed E-state index contributed by atoms with van der Waals surface area (Å²) in [5, 5.41) is 0.726. The zero-order valence-corrected chi connectivity index (χ0v) is 12.8. The first kappa shape index (κ1) is 14.1. The predicted molar refractivity (Wildman–Crippen MR) is 83.1 cm³/mol. The molecule has 0 saturated heterocycles. The van der Waals surface area contributed by atoms with Crippen LogP contribution < -0.4 is 4.90 Å². The molecule has 0 aliphatic rings. The number of benzene rings is 2. The van der Waals surface area contributed by atoms with Gasteiger partial charge in [0.1, 0.15) is 0 Å². The average molecular weight is 339 g/mol. The molecule has 98 valence electrons. The number of carbonyl (C=O) groups is 1. The van der Waals surface area contributed by atoms with Crippen LogP contribution in [0.15, 0.2) is 46.9 Å². The van der Waals surface area contributed by atoms with E-state index in [1.165, 1.54) is 0 Å². The van der Waals surface area contributed by atoms with Crippen LogP contribution in [0.1, 0.15) is 15.9 Å². The summed E-state index contributed by atoms with van der Waals surface area (Å²) in [7, 11) is 1.96. The molecule has 0 aliphatic carbocycles. The molecule has 0 aromatic heterocycles. The molecule has 0 unspecified atom stereocenters. The Morgan fingerprint density at radius 1 is 1.21 bits per heavy atom. The normalized spacial score (nSPS) is 10.3. The lowest BCUT2D eigenvalue weighted by Crippen LogP contribution is -2.17. The molecule has 0 radical (unpaired) electrons. The van der Waals surface area contributed by atoms with Crippen LogP contribution in [0.5, 0.6) is 0 Å². The van der Waals surface area contributed by atoms with Crippen LogP contribution in [-0.2, 0) is 6.54 Å². The lowest BCUT2D eigenvalue weighted by molar-refractivity contribution is 0.112. The van der Waals surface area contributed by atoms with E-state index in [4.69, 9.17) is 11.6 Å². The Balaban J connectivity index is 2.22. The van der Waals surface area contributed by atoms with Gasteiger partial charge < -0.3 is 4.90 Å². The topological polar surface area (TPSA) is 20.3 Å². The Kier molecular flexibility index (Phi) is 4.61. The molecular formula is C15H13BrClNO. The third-order valence-electron chi connectivity index (χ3n) is 2.86. The van der Waals surface area contributed by atoms with Gasteiger partial charge in [-0.15, -0.1) is 0 Å². The van der Waals surface area contributed by atoms with Crippen molar-refractivity contribution in [2.24, 2.45) is 0 Å². The fourth-order valence-electron chi connectivity index (χ4n) is 1.92. The van der Waals surface area contributed by atoms with Gasteiger partial charge in [-0.25, -0.2) is 0 Å². The van der Waals surface area contributed by atoms with Crippen LogP contribution in [-0.4, -0.2) is 13.3 Å². The minimum absolute atomic E-state index is 0.672. The molecule has 0 fully saturated rings. The van der Waals surface area contributed by atoms with E-state index in [9.17, 15) is 4.79 Å². The Morgan fingerprint density at radius 2 is 1.89 bits per heavy atom. The lowest BCUT2D eigenvalue weighted by Gasteiger charge is -2.21. The highest BCUT2D eigenvalue weighted by Gasteiger charge is 2.08. The van der Waals surface area contributed by atoms with Gasteiger partial charge in [-0.2, -0.15) is 0 Å². The van der Waals surface area contributed by atoms with Crippen LogP contribution in [0.2, 0.25) is 5.02 Å². The number of anilines is 1. The molecule has 0 saturated carbocycles. The standard InChI is InChI=1S/C15H13BrClNO/c1-18(9-11-2-5-14(17)6-3-11)15-7-4-13(16)8-12(15)10-19/h2-8,10H,9H2,1H3.